The highest BCUT2D eigenvalue weighted by Crippen LogP contribution is 2.12. The van der Waals surface area contributed by atoms with E-state index in [1.165, 1.54) is 0 Å². The highest BCUT2D eigenvalue weighted by atomic mass is 16.6. The van der Waals surface area contributed by atoms with Crippen LogP contribution in [0.5, 0.6) is 0 Å². The normalized spacial score (nSPS) is 13.0. The molecule has 0 aliphatic heterocycles. The molecule has 126 valence electrons. The minimum absolute atomic E-state index is 0.00610. The number of hydrogen-bond acceptors (Lipinski definition) is 4. The van der Waals surface area contributed by atoms with Crippen molar-refractivity contribution in [1.29, 1.82) is 0 Å². The van der Waals surface area contributed by atoms with Gasteiger partial charge < -0.3 is 15.2 Å². The van der Waals surface area contributed by atoms with Gasteiger partial charge in [0, 0.05) is 31.3 Å². The molecule has 6 heteroatoms. The number of nitrogens with zero attached hydrogens (tertiary/aromatic N) is 2. The number of amides is 1. The molecule has 0 bridgehead atoms. The molecule has 6 nitrogen and oxygen atoms in total. The molecular weight excluding hydrogens is 282 g/mol. The Kier molecular flexibility index (Phi) is 6.87. The number of rotatable bonds is 7. The van der Waals surface area contributed by atoms with Crippen LogP contribution in [-0.4, -0.2) is 39.7 Å². The first-order valence-corrected chi connectivity index (χ1v) is 7.92. The highest BCUT2D eigenvalue weighted by molar-refractivity contribution is 5.67. The molecule has 0 spiro atoms. The molecule has 0 saturated heterocycles. The topological polar surface area (TPSA) is 76.4 Å². The van der Waals surface area contributed by atoms with Gasteiger partial charge in [0.1, 0.15) is 5.60 Å². The highest BCUT2D eigenvalue weighted by Gasteiger charge is 2.18. The lowest BCUT2D eigenvalue weighted by Gasteiger charge is -2.21. The number of alkyl carbamates (subject to hydrolysis) is 1. The Morgan fingerprint density at radius 1 is 1.45 bits per heavy atom. The molecule has 0 aromatic carbocycles. The van der Waals surface area contributed by atoms with Crippen molar-refractivity contribution in [3.63, 3.8) is 0 Å². The number of nitrogens with one attached hydrogen (secondary N) is 1. The van der Waals surface area contributed by atoms with Crippen molar-refractivity contribution >= 4 is 6.09 Å². The molecule has 0 radical (unpaired) electrons. The molecule has 22 heavy (non-hydrogen) atoms. The van der Waals surface area contributed by atoms with Gasteiger partial charge in [0.05, 0.1) is 5.69 Å². The van der Waals surface area contributed by atoms with Crippen molar-refractivity contribution in [2.45, 2.75) is 59.6 Å². The molecular formula is C16H29N3O3. The summed E-state index contributed by atoms with van der Waals surface area (Å²) in [5, 5.41) is 16.8. The Morgan fingerprint density at radius 2 is 2.14 bits per heavy atom. The maximum Gasteiger partial charge on any atom is 0.407 e. The third kappa shape index (κ3) is 6.05. The molecule has 1 unspecified atom stereocenters. The minimum Gasteiger partial charge on any atom is -0.444 e. The van der Waals surface area contributed by atoms with Crippen LogP contribution in [0.25, 0.3) is 0 Å². The molecule has 1 aromatic heterocycles. The summed E-state index contributed by atoms with van der Waals surface area (Å²) >= 11 is 0. The van der Waals surface area contributed by atoms with Crippen LogP contribution in [0.3, 0.4) is 0 Å². The maximum atomic E-state index is 11.7. The average molecular weight is 311 g/mol. The van der Waals surface area contributed by atoms with Crippen LogP contribution < -0.4 is 5.32 Å². The second-order valence-electron chi connectivity index (χ2n) is 6.43. The summed E-state index contributed by atoms with van der Waals surface area (Å²) in [6.07, 6.45) is 1.11. The zero-order valence-electron chi connectivity index (χ0n) is 14.3. The molecule has 0 aliphatic carbocycles. The fourth-order valence-electron chi connectivity index (χ4n) is 2.16. The Bertz CT molecular complexity index is 477. The number of carbonyl (C=O) groups is 1. The first-order chi connectivity index (χ1) is 10.3. The van der Waals surface area contributed by atoms with E-state index < -0.39 is 11.7 Å². The van der Waals surface area contributed by atoms with Crippen molar-refractivity contribution in [2.24, 2.45) is 5.92 Å². The van der Waals surface area contributed by atoms with Gasteiger partial charge in [-0.3, -0.25) is 4.68 Å². The molecule has 2 N–H and O–H groups in total. The van der Waals surface area contributed by atoms with Gasteiger partial charge in [-0.25, -0.2) is 4.79 Å². The van der Waals surface area contributed by atoms with Crippen molar-refractivity contribution < 1.29 is 14.6 Å². The van der Waals surface area contributed by atoms with E-state index in [9.17, 15) is 9.90 Å². The number of aryl methyl sites for hydroxylation is 2. The second-order valence-corrected chi connectivity index (χ2v) is 6.43. The monoisotopic (exact) mass is 311 g/mol. The summed E-state index contributed by atoms with van der Waals surface area (Å²) in [5.41, 5.74) is 1.62. The van der Waals surface area contributed by atoms with Gasteiger partial charge in [-0.05, 0) is 46.6 Å². The van der Waals surface area contributed by atoms with Crippen LogP contribution in [0.15, 0.2) is 6.07 Å². The van der Waals surface area contributed by atoms with Gasteiger partial charge in [-0.2, -0.15) is 5.10 Å². The predicted molar refractivity (Wildman–Crippen MR) is 85.8 cm³/mol. The van der Waals surface area contributed by atoms with E-state index in [1.54, 1.807) is 0 Å². The number of hydrogen-bond donors (Lipinski definition) is 2. The summed E-state index contributed by atoms with van der Waals surface area (Å²) in [7, 11) is 0. The Morgan fingerprint density at radius 3 is 2.64 bits per heavy atom. The van der Waals surface area contributed by atoms with Crippen molar-refractivity contribution in [3.8, 4) is 0 Å². The van der Waals surface area contributed by atoms with E-state index in [0.29, 0.717) is 13.0 Å². The van der Waals surface area contributed by atoms with Crippen LogP contribution in [0.1, 0.15) is 46.0 Å². The van der Waals surface area contributed by atoms with Crippen LogP contribution in [0, 0.1) is 5.92 Å². The largest absolute Gasteiger partial charge is 0.444 e. The maximum absolute atomic E-state index is 11.7. The van der Waals surface area contributed by atoms with E-state index in [4.69, 9.17) is 4.74 Å². The number of carbonyl (C=O) groups excluding carboxylic acids is 1. The number of aromatic nitrogens is 2. The average Bonchev–Trinajstić information content (AvgIpc) is 2.83. The zero-order chi connectivity index (χ0) is 16.8. The third-order valence-electron chi connectivity index (χ3n) is 3.27. The Balaban J connectivity index is 2.58. The van der Waals surface area contributed by atoms with Gasteiger partial charge in [-0.15, -0.1) is 0 Å². The van der Waals surface area contributed by atoms with Gasteiger partial charge in [0.2, 0.25) is 0 Å². The van der Waals surface area contributed by atoms with Crippen molar-refractivity contribution in [3.05, 3.63) is 17.5 Å². The molecule has 1 atom stereocenters. The zero-order valence-corrected chi connectivity index (χ0v) is 14.3. The summed E-state index contributed by atoms with van der Waals surface area (Å²) in [6, 6.07) is 2.07. The lowest BCUT2D eigenvalue weighted by molar-refractivity contribution is 0.0512. The molecule has 0 aliphatic rings. The molecule has 1 heterocycles. The minimum atomic E-state index is -0.518. The standard InChI is InChI=1S/C16H29N3O3/c1-6-13-9-14(19(7-2)18-13)8-12(11-20)10-17-15(21)22-16(3,4)5/h9,12,20H,6-8,10-11H2,1-5H3,(H,17,21). The number of aliphatic hydroxyl groups excluding tert-OH is 1. The molecule has 0 fully saturated rings. The van der Waals surface area contributed by atoms with E-state index in [0.717, 1.165) is 24.4 Å². The van der Waals surface area contributed by atoms with Crippen molar-refractivity contribution in [2.75, 3.05) is 13.2 Å². The number of aliphatic hydroxyl groups is 1. The van der Waals surface area contributed by atoms with Gasteiger partial charge in [-0.1, -0.05) is 6.92 Å². The van der Waals surface area contributed by atoms with Gasteiger partial charge >= 0.3 is 6.09 Å². The first kappa shape index (κ1) is 18.5. The van der Waals surface area contributed by atoms with Crippen LogP contribution >= 0.6 is 0 Å². The van der Waals surface area contributed by atoms with Crippen molar-refractivity contribution in [1.82, 2.24) is 15.1 Å². The molecule has 0 saturated carbocycles. The smallest absolute Gasteiger partial charge is 0.407 e. The Labute approximate surface area is 132 Å². The third-order valence-corrected chi connectivity index (χ3v) is 3.27. The Hall–Kier alpha value is -1.56. The first-order valence-electron chi connectivity index (χ1n) is 7.92. The molecule has 1 amide bonds. The van der Waals surface area contributed by atoms with Crippen LogP contribution in [-0.2, 0) is 24.1 Å². The summed E-state index contributed by atoms with van der Waals surface area (Å²) in [6.45, 7) is 10.8. The fourth-order valence-corrected chi connectivity index (χ4v) is 2.16. The fraction of sp³-hybridized carbons (Fsp3) is 0.750. The van der Waals surface area contributed by atoms with Crippen LogP contribution in [0.4, 0.5) is 4.79 Å². The van der Waals surface area contributed by atoms with Gasteiger partial charge in [0.15, 0.2) is 0 Å². The second kappa shape index (κ2) is 8.17. The van der Waals surface area contributed by atoms with E-state index in [2.05, 4.69) is 23.4 Å². The van der Waals surface area contributed by atoms with E-state index in [-0.39, 0.29) is 12.5 Å². The van der Waals surface area contributed by atoms with Gasteiger partial charge in [0.25, 0.3) is 0 Å². The van der Waals surface area contributed by atoms with E-state index >= 15 is 0 Å². The van der Waals surface area contributed by atoms with E-state index in [1.807, 2.05) is 32.4 Å². The molecule has 1 aromatic rings. The summed E-state index contributed by atoms with van der Waals surface area (Å²) in [5.74, 6) is -0.0563. The predicted octanol–water partition coefficient (Wildman–Crippen LogP) is 2.14. The SMILES string of the molecule is CCc1cc(CC(CO)CNC(=O)OC(C)(C)C)n(CC)n1. The quantitative estimate of drug-likeness (QED) is 0.809. The molecule has 1 rings (SSSR count). The number of ether oxygens (including phenoxy) is 1. The lowest BCUT2D eigenvalue weighted by Crippen LogP contribution is -2.36. The summed E-state index contributed by atoms with van der Waals surface area (Å²) < 4.78 is 7.15. The summed E-state index contributed by atoms with van der Waals surface area (Å²) in [4.78, 5) is 11.7. The lowest BCUT2D eigenvalue weighted by atomic mass is 10.0. The van der Waals surface area contributed by atoms with Crippen LogP contribution in [0.2, 0.25) is 0 Å².